The molecule has 3 N–H and O–H groups in total. The number of nitro groups is 1. The number of nitrogens with two attached hydrogens (primary N) is 1. The van der Waals surface area contributed by atoms with E-state index >= 15 is 0 Å². The maximum Gasteiger partial charge on any atom is 0.307 e. The van der Waals surface area contributed by atoms with Crippen molar-refractivity contribution >= 4 is 34.7 Å². The highest BCUT2D eigenvalue weighted by molar-refractivity contribution is 7.99. The average Bonchev–Trinajstić information content (AvgIpc) is 2.40. The lowest BCUT2D eigenvalue weighted by atomic mass is 10.3. The summed E-state index contributed by atoms with van der Waals surface area (Å²) < 4.78 is 0. The van der Waals surface area contributed by atoms with Gasteiger partial charge in [-0.2, -0.15) is 0 Å². The third-order valence-electron chi connectivity index (χ3n) is 2.39. The number of nitro benzene ring substituents is 1. The summed E-state index contributed by atoms with van der Waals surface area (Å²) in [6, 6.07) is 12.1. The minimum absolute atomic E-state index is 0.0603. The van der Waals surface area contributed by atoms with Crippen LogP contribution >= 0.6 is 23.4 Å². The molecule has 0 bridgehead atoms. The van der Waals surface area contributed by atoms with Gasteiger partial charge in [-0.25, -0.2) is 0 Å². The molecule has 19 heavy (non-hydrogen) atoms. The van der Waals surface area contributed by atoms with E-state index in [2.05, 4.69) is 5.43 Å². The number of hydrogen-bond donors (Lipinski definition) is 2. The second kappa shape index (κ2) is 5.92. The molecule has 98 valence electrons. The van der Waals surface area contributed by atoms with Crippen molar-refractivity contribution in [3.05, 3.63) is 57.6 Å². The Morgan fingerprint density at radius 1 is 1.16 bits per heavy atom. The number of anilines is 1. The molecule has 2 aromatic carbocycles. The summed E-state index contributed by atoms with van der Waals surface area (Å²) >= 11 is 7.28. The number of hydrogen-bond acceptors (Lipinski definition) is 5. The molecule has 5 nitrogen and oxygen atoms in total. The highest BCUT2D eigenvalue weighted by Gasteiger charge is 2.20. The largest absolute Gasteiger partial charge is 0.318 e. The van der Waals surface area contributed by atoms with Crippen molar-refractivity contribution in [2.24, 2.45) is 5.84 Å². The molecule has 0 atom stereocenters. The Morgan fingerprint density at radius 2 is 1.84 bits per heavy atom. The molecule has 0 unspecified atom stereocenters. The van der Waals surface area contributed by atoms with Gasteiger partial charge in [-0.15, -0.1) is 0 Å². The predicted molar refractivity (Wildman–Crippen MR) is 76.5 cm³/mol. The zero-order chi connectivity index (χ0) is 13.8. The van der Waals surface area contributed by atoms with Crippen LogP contribution in [0.2, 0.25) is 5.02 Å². The van der Waals surface area contributed by atoms with Crippen LogP contribution in [-0.2, 0) is 0 Å². The lowest BCUT2D eigenvalue weighted by molar-refractivity contribution is -0.386. The fraction of sp³-hybridized carbons (Fsp3) is 0. The standard InChI is InChI=1S/C12H10ClN3O2S/c13-8-4-1-2-6-10(8)19-11-7-3-5-9(15-14)12(11)16(17)18/h1-7,15H,14H2. The van der Waals surface area contributed by atoms with Crippen molar-refractivity contribution in [1.29, 1.82) is 0 Å². The first kappa shape index (κ1) is 13.7. The van der Waals surface area contributed by atoms with Crippen molar-refractivity contribution in [2.45, 2.75) is 9.79 Å². The van der Waals surface area contributed by atoms with E-state index in [1.54, 1.807) is 36.4 Å². The molecule has 0 aliphatic carbocycles. The lowest BCUT2D eigenvalue weighted by Crippen LogP contribution is -2.09. The summed E-state index contributed by atoms with van der Waals surface area (Å²) in [6.07, 6.45) is 0. The van der Waals surface area contributed by atoms with Gasteiger partial charge in [-0.1, -0.05) is 41.6 Å². The van der Waals surface area contributed by atoms with E-state index in [4.69, 9.17) is 17.4 Å². The fourth-order valence-corrected chi connectivity index (χ4v) is 2.78. The van der Waals surface area contributed by atoms with E-state index in [0.717, 1.165) is 4.90 Å². The molecular weight excluding hydrogens is 286 g/mol. The third kappa shape index (κ3) is 2.98. The number of nitrogens with one attached hydrogen (secondary N) is 1. The van der Waals surface area contributed by atoms with Gasteiger partial charge in [-0.3, -0.25) is 16.0 Å². The van der Waals surface area contributed by atoms with Crippen molar-refractivity contribution in [1.82, 2.24) is 0 Å². The van der Waals surface area contributed by atoms with Gasteiger partial charge in [0.15, 0.2) is 0 Å². The SMILES string of the molecule is NNc1cccc(Sc2ccccc2Cl)c1[N+](=O)[O-]. The Hall–Kier alpha value is -1.76. The Kier molecular flexibility index (Phi) is 4.26. The summed E-state index contributed by atoms with van der Waals surface area (Å²) in [6.45, 7) is 0. The Morgan fingerprint density at radius 3 is 2.47 bits per heavy atom. The van der Waals surface area contributed by atoms with Crippen LogP contribution in [0.3, 0.4) is 0 Å². The molecule has 0 aliphatic rings. The zero-order valence-electron chi connectivity index (χ0n) is 9.67. The summed E-state index contributed by atoms with van der Waals surface area (Å²) in [7, 11) is 0. The van der Waals surface area contributed by atoms with E-state index in [1.165, 1.54) is 11.8 Å². The number of halogens is 1. The monoisotopic (exact) mass is 295 g/mol. The van der Waals surface area contributed by atoms with Crippen LogP contribution in [0.4, 0.5) is 11.4 Å². The lowest BCUT2D eigenvalue weighted by Gasteiger charge is -2.07. The summed E-state index contributed by atoms with van der Waals surface area (Å²) in [5, 5.41) is 11.7. The summed E-state index contributed by atoms with van der Waals surface area (Å²) in [4.78, 5) is 11.9. The van der Waals surface area contributed by atoms with E-state index in [9.17, 15) is 10.1 Å². The van der Waals surface area contributed by atoms with Gasteiger partial charge in [0.2, 0.25) is 0 Å². The Labute approximate surface area is 118 Å². The van der Waals surface area contributed by atoms with Gasteiger partial charge in [0.25, 0.3) is 0 Å². The topological polar surface area (TPSA) is 81.2 Å². The predicted octanol–water partition coefficient (Wildman–Crippen LogP) is 3.69. The minimum atomic E-state index is -0.464. The maximum absolute atomic E-state index is 11.1. The minimum Gasteiger partial charge on any atom is -0.318 e. The first-order valence-electron chi connectivity index (χ1n) is 5.30. The Bertz CT molecular complexity index is 622. The second-order valence-corrected chi connectivity index (χ2v) is 5.08. The molecule has 0 fully saturated rings. The van der Waals surface area contributed by atoms with E-state index in [1.807, 2.05) is 6.07 Å². The molecule has 2 aromatic rings. The van der Waals surface area contributed by atoms with Crippen molar-refractivity contribution in [3.8, 4) is 0 Å². The van der Waals surface area contributed by atoms with Gasteiger partial charge >= 0.3 is 5.69 Å². The average molecular weight is 296 g/mol. The molecule has 0 spiro atoms. The number of nitrogens with zero attached hydrogens (tertiary/aromatic N) is 1. The first-order valence-corrected chi connectivity index (χ1v) is 6.49. The van der Waals surface area contributed by atoms with Crippen LogP contribution in [0, 0.1) is 10.1 Å². The van der Waals surface area contributed by atoms with Gasteiger partial charge in [0.1, 0.15) is 5.69 Å². The summed E-state index contributed by atoms with van der Waals surface area (Å²) in [5.74, 6) is 5.29. The Balaban J connectivity index is 2.46. The molecular formula is C12H10ClN3O2S. The van der Waals surface area contributed by atoms with Gasteiger partial charge in [0.05, 0.1) is 14.8 Å². The van der Waals surface area contributed by atoms with E-state index in [0.29, 0.717) is 9.92 Å². The number of para-hydroxylation sites is 1. The zero-order valence-corrected chi connectivity index (χ0v) is 11.2. The first-order chi connectivity index (χ1) is 9.13. The van der Waals surface area contributed by atoms with E-state index < -0.39 is 4.92 Å². The number of benzene rings is 2. The van der Waals surface area contributed by atoms with E-state index in [-0.39, 0.29) is 11.4 Å². The maximum atomic E-state index is 11.1. The van der Waals surface area contributed by atoms with Crippen molar-refractivity contribution in [3.63, 3.8) is 0 Å². The fourth-order valence-electron chi connectivity index (χ4n) is 1.56. The van der Waals surface area contributed by atoms with Crippen LogP contribution in [0.25, 0.3) is 0 Å². The molecule has 0 amide bonds. The number of hydrazine groups is 1. The van der Waals surface area contributed by atoms with Crippen molar-refractivity contribution < 1.29 is 4.92 Å². The van der Waals surface area contributed by atoms with Gasteiger partial charge in [-0.05, 0) is 24.3 Å². The molecule has 2 rings (SSSR count). The molecule has 0 heterocycles. The van der Waals surface area contributed by atoms with Gasteiger partial charge < -0.3 is 5.43 Å². The molecule has 7 heteroatoms. The van der Waals surface area contributed by atoms with Crippen molar-refractivity contribution in [2.75, 3.05) is 5.43 Å². The second-order valence-electron chi connectivity index (χ2n) is 3.59. The molecule has 0 saturated carbocycles. The normalized spacial score (nSPS) is 10.2. The van der Waals surface area contributed by atoms with Crippen LogP contribution in [0.5, 0.6) is 0 Å². The quantitative estimate of drug-likeness (QED) is 0.511. The van der Waals surface area contributed by atoms with Crippen LogP contribution in [-0.4, -0.2) is 4.92 Å². The molecule has 0 radical (unpaired) electrons. The molecule has 0 aliphatic heterocycles. The molecule has 0 aromatic heterocycles. The van der Waals surface area contributed by atoms with Crippen LogP contribution in [0.15, 0.2) is 52.3 Å². The smallest absolute Gasteiger partial charge is 0.307 e. The number of nitrogen functional groups attached to an aromatic ring is 1. The van der Waals surface area contributed by atoms with Gasteiger partial charge in [0, 0.05) is 4.90 Å². The third-order valence-corrected chi connectivity index (χ3v) is 3.96. The van der Waals surface area contributed by atoms with Crippen LogP contribution in [0.1, 0.15) is 0 Å². The molecule has 0 saturated heterocycles. The van der Waals surface area contributed by atoms with Crippen LogP contribution < -0.4 is 11.3 Å². The number of rotatable bonds is 4. The highest BCUT2D eigenvalue weighted by atomic mass is 35.5. The highest BCUT2D eigenvalue weighted by Crippen LogP contribution is 2.41. The summed E-state index contributed by atoms with van der Waals surface area (Å²) in [5.41, 5.74) is 2.54.